The van der Waals surface area contributed by atoms with Crippen LogP contribution in [0.1, 0.15) is 6.42 Å². The van der Waals surface area contributed by atoms with Crippen LogP contribution < -0.4 is 0 Å². The SMILES string of the molecule is O=C(O)CC(=O)OC[C@H]1OC([C@]2(O)[C@H](O)[C](CO)OC[C@@H]2O)[C@H](O)[C@@H](O)[C@@H]1O. The molecule has 2 fully saturated rings. The lowest BCUT2D eigenvalue weighted by Crippen LogP contribution is -2.74. The maximum atomic E-state index is 11.4. The van der Waals surface area contributed by atoms with Crippen molar-refractivity contribution in [1.82, 2.24) is 0 Å². The fourth-order valence-electron chi connectivity index (χ4n) is 3.14. The lowest BCUT2D eigenvalue weighted by Gasteiger charge is -2.52. The Balaban J connectivity index is 2.20. The highest BCUT2D eigenvalue weighted by Crippen LogP contribution is 2.38. The minimum atomic E-state index is -2.65. The van der Waals surface area contributed by atoms with E-state index < -0.39 is 92.6 Å². The second kappa shape index (κ2) is 8.94. The number of aliphatic hydroxyl groups excluding tert-OH is 6. The molecule has 0 aromatic rings. The lowest BCUT2D eigenvalue weighted by atomic mass is 9.75. The van der Waals surface area contributed by atoms with Crippen LogP contribution in [-0.2, 0) is 23.8 Å². The zero-order valence-corrected chi connectivity index (χ0v) is 14.5. The summed E-state index contributed by atoms with van der Waals surface area (Å²) in [5, 5.41) is 79.2. The smallest absolute Gasteiger partial charge is 0.317 e. The number of carboxylic acids is 1. The van der Waals surface area contributed by atoms with Crippen molar-refractivity contribution in [3.8, 4) is 0 Å². The summed E-state index contributed by atoms with van der Waals surface area (Å²) in [4.78, 5) is 21.8. The second-order valence-corrected chi connectivity index (χ2v) is 6.56. The van der Waals surface area contributed by atoms with Crippen LogP contribution in [0, 0.1) is 6.10 Å². The van der Waals surface area contributed by atoms with E-state index in [1.807, 2.05) is 0 Å². The van der Waals surface area contributed by atoms with Gasteiger partial charge in [0.15, 0.2) is 11.7 Å². The maximum absolute atomic E-state index is 11.4. The second-order valence-electron chi connectivity index (χ2n) is 6.56. The molecular weight excluding hydrogens is 388 g/mol. The Morgan fingerprint density at radius 3 is 2.32 bits per heavy atom. The number of carboxylic acid groups (broad SMARTS) is 1. The van der Waals surface area contributed by atoms with E-state index in [0.29, 0.717) is 0 Å². The van der Waals surface area contributed by atoms with Crippen molar-refractivity contribution in [2.45, 2.75) is 54.7 Å². The molecular formula is C15H23O13. The molecule has 0 aliphatic carbocycles. The number of rotatable bonds is 6. The van der Waals surface area contributed by atoms with Gasteiger partial charge in [0.25, 0.3) is 0 Å². The minimum absolute atomic E-state index is 0.423. The van der Waals surface area contributed by atoms with Crippen molar-refractivity contribution < 1.29 is 64.7 Å². The van der Waals surface area contributed by atoms with Crippen LogP contribution in [0.4, 0.5) is 0 Å². The van der Waals surface area contributed by atoms with E-state index in [2.05, 4.69) is 4.74 Å². The number of hydrogen-bond donors (Lipinski definition) is 8. The van der Waals surface area contributed by atoms with E-state index in [-0.39, 0.29) is 0 Å². The van der Waals surface area contributed by atoms with Gasteiger partial charge in [-0.3, -0.25) is 9.59 Å². The summed E-state index contributed by atoms with van der Waals surface area (Å²) in [6.07, 6.45) is -14.4. The number of carbonyl (C=O) groups is 2. The molecule has 0 bridgehead atoms. The van der Waals surface area contributed by atoms with Gasteiger partial charge in [0.05, 0.1) is 13.2 Å². The molecule has 0 saturated carbocycles. The standard InChI is InChI=1S/C15H23O13/c16-2-5-13(24)15(25,7(17)4-26-5)14-12(23)11(22)10(21)6(28-14)3-27-9(20)1-8(18)19/h6-7,10-14,16-17,21-25H,1-4H2,(H,18,19)/t6-,7+,10-,11+,12-,13-,14?,15-/m1/s1. The first-order valence-corrected chi connectivity index (χ1v) is 8.28. The molecule has 1 radical (unpaired) electrons. The molecule has 13 nitrogen and oxygen atoms in total. The molecule has 2 rings (SSSR count). The van der Waals surface area contributed by atoms with E-state index in [4.69, 9.17) is 14.6 Å². The number of aliphatic carboxylic acids is 1. The van der Waals surface area contributed by atoms with E-state index in [1.165, 1.54) is 0 Å². The van der Waals surface area contributed by atoms with E-state index in [1.54, 1.807) is 0 Å². The average Bonchev–Trinajstić information content (AvgIpc) is 2.63. The Kier molecular flexibility index (Phi) is 7.30. The van der Waals surface area contributed by atoms with Crippen LogP contribution >= 0.6 is 0 Å². The molecule has 0 aromatic heterocycles. The summed E-state index contributed by atoms with van der Waals surface area (Å²) in [6.45, 7) is -2.14. The number of esters is 1. The number of hydrogen-bond acceptors (Lipinski definition) is 12. The first-order chi connectivity index (χ1) is 13.0. The van der Waals surface area contributed by atoms with Gasteiger partial charge in [-0.25, -0.2) is 0 Å². The molecule has 0 aromatic carbocycles. The Morgan fingerprint density at radius 2 is 1.75 bits per heavy atom. The Labute approximate surface area is 158 Å². The highest BCUT2D eigenvalue weighted by atomic mass is 16.6. The maximum Gasteiger partial charge on any atom is 0.317 e. The van der Waals surface area contributed by atoms with Crippen molar-refractivity contribution in [2.75, 3.05) is 19.8 Å². The van der Waals surface area contributed by atoms with Gasteiger partial charge in [0, 0.05) is 0 Å². The summed E-state index contributed by atoms with van der Waals surface area (Å²) < 4.78 is 14.8. The molecule has 13 heteroatoms. The number of aliphatic hydroxyl groups is 7. The van der Waals surface area contributed by atoms with Gasteiger partial charge in [-0.05, 0) is 0 Å². The third-order valence-electron chi connectivity index (χ3n) is 4.73. The monoisotopic (exact) mass is 411 g/mol. The topological polar surface area (TPSA) is 224 Å². The third-order valence-corrected chi connectivity index (χ3v) is 4.73. The summed E-state index contributed by atoms with van der Waals surface area (Å²) >= 11 is 0. The Morgan fingerprint density at radius 1 is 1.11 bits per heavy atom. The van der Waals surface area contributed by atoms with Gasteiger partial charge < -0.3 is 55.1 Å². The summed E-state index contributed by atoms with van der Waals surface area (Å²) in [5.74, 6) is -2.63. The van der Waals surface area contributed by atoms with Crippen LogP contribution in [0.5, 0.6) is 0 Å². The van der Waals surface area contributed by atoms with E-state index >= 15 is 0 Å². The van der Waals surface area contributed by atoms with Gasteiger partial charge in [-0.2, -0.15) is 0 Å². The first kappa shape index (κ1) is 22.9. The Hall–Kier alpha value is -1.42. The van der Waals surface area contributed by atoms with Crippen molar-refractivity contribution >= 4 is 11.9 Å². The molecule has 28 heavy (non-hydrogen) atoms. The van der Waals surface area contributed by atoms with Crippen LogP contribution in [0.3, 0.4) is 0 Å². The summed E-state index contributed by atoms with van der Waals surface area (Å²) in [5.41, 5.74) is -2.65. The molecule has 2 saturated heterocycles. The predicted molar refractivity (Wildman–Crippen MR) is 83.1 cm³/mol. The molecule has 8 N–H and O–H groups in total. The molecule has 2 aliphatic heterocycles. The summed E-state index contributed by atoms with van der Waals surface area (Å²) in [6, 6.07) is 0. The third kappa shape index (κ3) is 4.27. The molecule has 161 valence electrons. The van der Waals surface area contributed by atoms with Gasteiger partial charge in [0.1, 0.15) is 55.8 Å². The van der Waals surface area contributed by atoms with Gasteiger partial charge in [-0.15, -0.1) is 0 Å². The van der Waals surface area contributed by atoms with Crippen LogP contribution in [-0.4, -0.2) is 121 Å². The highest BCUT2D eigenvalue weighted by Gasteiger charge is 2.62. The fraction of sp³-hybridized carbons (Fsp3) is 0.800. The molecule has 2 heterocycles. The highest BCUT2D eigenvalue weighted by molar-refractivity contribution is 5.90. The van der Waals surface area contributed by atoms with Gasteiger partial charge >= 0.3 is 11.9 Å². The molecule has 1 unspecified atom stereocenters. The minimum Gasteiger partial charge on any atom is -0.481 e. The van der Waals surface area contributed by atoms with Crippen molar-refractivity contribution in [3.05, 3.63) is 6.10 Å². The fourth-order valence-corrected chi connectivity index (χ4v) is 3.14. The van der Waals surface area contributed by atoms with Crippen molar-refractivity contribution in [1.29, 1.82) is 0 Å². The van der Waals surface area contributed by atoms with Crippen molar-refractivity contribution in [3.63, 3.8) is 0 Å². The number of carbonyl (C=O) groups excluding carboxylic acids is 1. The molecule has 2 aliphatic rings. The van der Waals surface area contributed by atoms with Gasteiger partial charge in [-0.1, -0.05) is 0 Å². The molecule has 8 atom stereocenters. The van der Waals surface area contributed by atoms with Crippen LogP contribution in [0.2, 0.25) is 0 Å². The van der Waals surface area contributed by atoms with Gasteiger partial charge in [0.2, 0.25) is 0 Å². The van der Waals surface area contributed by atoms with E-state index in [0.717, 1.165) is 0 Å². The predicted octanol–water partition coefficient (Wildman–Crippen LogP) is -5.14. The molecule has 0 amide bonds. The van der Waals surface area contributed by atoms with Crippen LogP contribution in [0.15, 0.2) is 0 Å². The molecule has 0 spiro atoms. The average molecular weight is 411 g/mol. The lowest BCUT2D eigenvalue weighted by molar-refractivity contribution is -0.319. The van der Waals surface area contributed by atoms with Crippen molar-refractivity contribution in [2.24, 2.45) is 0 Å². The first-order valence-electron chi connectivity index (χ1n) is 8.28. The van der Waals surface area contributed by atoms with Crippen LogP contribution in [0.25, 0.3) is 0 Å². The normalized spacial score (nSPS) is 42.2. The zero-order valence-electron chi connectivity index (χ0n) is 14.5. The Bertz CT molecular complexity index is 570. The summed E-state index contributed by atoms with van der Waals surface area (Å²) in [7, 11) is 0. The quantitative estimate of drug-likeness (QED) is 0.151. The zero-order chi connectivity index (χ0) is 21.2. The largest absolute Gasteiger partial charge is 0.481 e. The number of ether oxygens (including phenoxy) is 3. The van der Waals surface area contributed by atoms with E-state index in [9.17, 15) is 45.3 Å².